The number of carbonyl (C=O) groups excluding carboxylic acids is 1. The molecule has 1 atom stereocenters. The van der Waals surface area contributed by atoms with Crippen LogP contribution in [0.3, 0.4) is 0 Å². The summed E-state index contributed by atoms with van der Waals surface area (Å²) in [6, 6.07) is 3.02. The molecule has 3 N–H and O–H groups in total. The van der Waals surface area contributed by atoms with E-state index in [0.29, 0.717) is 13.2 Å². The van der Waals surface area contributed by atoms with E-state index in [2.05, 4.69) is 10.6 Å². The van der Waals surface area contributed by atoms with Gasteiger partial charge in [0.05, 0.1) is 18.2 Å². The van der Waals surface area contributed by atoms with Crippen molar-refractivity contribution in [2.45, 2.75) is 19.5 Å². The Labute approximate surface area is 122 Å². The molecule has 7 heteroatoms. The van der Waals surface area contributed by atoms with E-state index >= 15 is 0 Å². The molecule has 0 aromatic heterocycles. The summed E-state index contributed by atoms with van der Waals surface area (Å²) in [4.78, 5) is 22.5. The second-order valence-corrected chi connectivity index (χ2v) is 4.50. The first kappa shape index (κ1) is 17.1. The monoisotopic (exact) mass is 298 g/mol. The Kier molecular flexibility index (Phi) is 6.77. The van der Waals surface area contributed by atoms with E-state index in [1.807, 2.05) is 0 Å². The molecular formula is C14H19FN2O4. The van der Waals surface area contributed by atoms with Crippen LogP contribution >= 0.6 is 0 Å². The molecule has 0 saturated carbocycles. The number of hydrogen-bond acceptors (Lipinski definition) is 4. The van der Waals surface area contributed by atoms with Crippen LogP contribution in [0.25, 0.3) is 0 Å². The van der Waals surface area contributed by atoms with Crippen LogP contribution in [0.15, 0.2) is 18.2 Å². The fourth-order valence-electron chi connectivity index (χ4n) is 1.63. The minimum absolute atomic E-state index is 0.00500. The molecule has 0 radical (unpaired) electrons. The van der Waals surface area contributed by atoms with Crippen molar-refractivity contribution in [3.63, 3.8) is 0 Å². The van der Waals surface area contributed by atoms with Crippen molar-refractivity contribution >= 4 is 11.9 Å². The number of halogens is 1. The molecule has 0 fully saturated rings. The molecule has 1 rings (SSSR count). The molecule has 116 valence electrons. The smallest absolute Gasteiger partial charge is 0.335 e. The first-order chi connectivity index (χ1) is 9.95. The molecule has 1 aromatic rings. The average molecular weight is 298 g/mol. The van der Waals surface area contributed by atoms with Gasteiger partial charge in [-0.1, -0.05) is 0 Å². The highest BCUT2D eigenvalue weighted by atomic mass is 19.1. The molecule has 0 aliphatic carbocycles. The minimum Gasteiger partial charge on any atom is -0.478 e. The predicted molar refractivity (Wildman–Crippen MR) is 74.5 cm³/mol. The van der Waals surface area contributed by atoms with Crippen LogP contribution < -0.4 is 10.6 Å². The second-order valence-electron chi connectivity index (χ2n) is 4.50. The van der Waals surface area contributed by atoms with E-state index in [9.17, 15) is 14.0 Å². The van der Waals surface area contributed by atoms with Gasteiger partial charge in [0.1, 0.15) is 5.82 Å². The van der Waals surface area contributed by atoms with Gasteiger partial charge in [-0.25, -0.2) is 9.18 Å². The summed E-state index contributed by atoms with van der Waals surface area (Å²) >= 11 is 0. The van der Waals surface area contributed by atoms with Crippen LogP contribution in [0.4, 0.5) is 4.39 Å². The maximum atomic E-state index is 13.6. The zero-order valence-corrected chi connectivity index (χ0v) is 12.0. The highest BCUT2D eigenvalue weighted by Crippen LogP contribution is 2.11. The summed E-state index contributed by atoms with van der Waals surface area (Å²) in [5, 5.41) is 14.4. The Bertz CT molecular complexity index is 508. The van der Waals surface area contributed by atoms with Gasteiger partial charge in [-0.05, 0) is 25.1 Å². The summed E-state index contributed by atoms with van der Waals surface area (Å²) in [6.45, 7) is 2.50. The van der Waals surface area contributed by atoms with E-state index < -0.39 is 17.8 Å². The van der Waals surface area contributed by atoms with Gasteiger partial charge >= 0.3 is 5.97 Å². The van der Waals surface area contributed by atoms with Crippen LogP contribution in [0.2, 0.25) is 0 Å². The van der Waals surface area contributed by atoms with Gasteiger partial charge < -0.3 is 20.5 Å². The van der Waals surface area contributed by atoms with Crippen molar-refractivity contribution < 1.29 is 23.8 Å². The normalized spacial score (nSPS) is 12.0. The minimum atomic E-state index is -1.12. The Balaban J connectivity index is 2.56. The number of benzene rings is 1. The number of carbonyl (C=O) groups is 2. The Morgan fingerprint density at radius 1 is 1.43 bits per heavy atom. The molecular weight excluding hydrogens is 279 g/mol. The second kappa shape index (κ2) is 8.33. The Hall–Kier alpha value is -1.99. The van der Waals surface area contributed by atoms with Gasteiger partial charge in [0.15, 0.2) is 0 Å². The largest absolute Gasteiger partial charge is 0.478 e. The molecule has 21 heavy (non-hydrogen) atoms. The van der Waals surface area contributed by atoms with E-state index in [1.165, 1.54) is 19.2 Å². The van der Waals surface area contributed by atoms with Gasteiger partial charge in [0.2, 0.25) is 5.91 Å². The molecule has 1 amide bonds. The number of rotatable bonds is 8. The number of amides is 1. The molecule has 0 bridgehead atoms. The SMILES string of the molecule is COCCNC(=O)C(C)NCc1cc(C(=O)O)ccc1F. The van der Waals surface area contributed by atoms with Gasteiger partial charge in [-0.15, -0.1) is 0 Å². The van der Waals surface area contributed by atoms with Gasteiger partial charge in [0.25, 0.3) is 0 Å². The Morgan fingerprint density at radius 3 is 2.76 bits per heavy atom. The van der Waals surface area contributed by atoms with Crippen LogP contribution in [0.5, 0.6) is 0 Å². The number of methoxy groups -OCH3 is 1. The van der Waals surface area contributed by atoms with Gasteiger partial charge in [0, 0.05) is 25.8 Å². The highest BCUT2D eigenvalue weighted by Gasteiger charge is 2.13. The fourth-order valence-corrected chi connectivity index (χ4v) is 1.63. The number of hydrogen-bond donors (Lipinski definition) is 3. The first-order valence-electron chi connectivity index (χ1n) is 6.47. The molecule has 1 unspecified atom stereocenters. The number of aromatic carboxylic acids is 1. The molecule has 0 spiro atoms. The van der Waals surface area contributed by atoms with Gasteiger partial charge in [-0.3, -0.25) is 4.79 Å². The number of carboxylic acids is 1. The summed E-state index contributed by atoms with van der Waals surface area (Å²) < 4.78 is 18.4. The maximum absolute atomic E-state index is 13.6. The lowest BCUT2D eigenvalue weighted by atomic mass is 10.1. The standard InChI is InChI=1S/C14H19FN2O4/c1-9(13(18)16-5-6-21-2)17-8-11-7-10(14(19)20)3-4-12(11)15/h3-4,7,9,17H,5-6,8H2,1-2H3,(H,16,18)(H,19,20). The zero-order valence-electron chi connectivity index (χ0n) is 12.0. The van der Waals surface area contributed by atoms with Crippen LogP contribution in [-0.2, 0) is 16.1 Å². The van der Waals surface area contributed by atoms with Crippen LogP contribution in [0, 0.1) is 5.82 Å². The number of carboxylic acid groups (broad SMARTS) is 1. The third kappa shape index (κ3) is 5.49. The predicted octanol–water partition coefficient (Wildman–Crippen LogP) is 0.765. The third-order valence-corrected chi connectivity index (χ3v) is 2.89. The molecule has 0 aliphatic rings. The van der Waals surface area contributed by atoms with E-state index in [4.69, 9.17) is 9.84 Å². The first-order valence-corrected chi connectivity index (χ1v) is 6.47. The maximum Gasteiger partial charge on any atom is 0.335 e. The van der Waals surface area contributed by atoms with Crippen molar-refractivity contribution in [3.05, 3.63) is 35.1 Å². The molecule has 0 aliphatic heterocycles. The zero-order chi connectivity index (χ0) is 15.8. The fraction of sp³-hybridized carbons (Fsp3) is 0.429. The van der Waals surface area contributed by atoms with E-state index in [-0.39, 0.29) is 23.6 Å². The highest BCUT2D eigenvalue weighted by molar-refractivity contribution is 5.87. The van der Waals surface area contributed by atoms with Crippen molar-refractivity contribution in [3.8, 4) is 0 Å². The topological polar surface area (TPSA) is 87.7 Å². The average Bonchev–Trinajstić information content (AvgIpc) is 2.45. The van der Waals surface area contributed by atoms with E-state index in [1.54, 1.807) is 6.92 Å². The quantitative estimate of drug-likeness (QED) is 0.617. The summed E-state index contributed by atoms with van der Waals surface area (Å²) in [5.74, 6) is -1.87. The van der Waals surface area contributed by atoms with Gasteiger partial charge in [-0.2, -0.15) is 0 Å². The van der Waals surface area contributed by atoms with E-state index in [0.717, 1.165) is 6.07 Å². The lowest BCUT2D eigenvalue weighted by molar-refractivity contribution is -0.123. The molecule has 1 aromatic carbocycles. The molecule has 0 saturated heterocycles. The lowest BCUT2D eigenvalue weighted by Gasteiger charge is -2.14. The van der Waals surface area contributed by atoms with Crippen molar-refractivity contribution in [1.82, 2.24) is 10.6 Å². The Morgan fingerprint density at radius 2 is 2.14 bits per heavy atom. The van der Waals surface area contributed by atoms with Crippen LogP contribution in [-0.4, -0.2) is 43.3 Å². The molecule has 0 heterocycles. The summed E-state index contributed by atoms with van der Waals surface area (Å²) in [5.41, 5.74) is 0.205. The van der Waals surface area contributed by atoms with Crippen molar-refractivity contribution in [1.29, 1.82) is 0 Å². The van der Waals surface area contributed by atoms with Crippen molar-refractivity contribution in [2.24, 2.45) is 0 Å². The summed E-state index contributed by atoms with van der Waals surface area (Å²) in [6.07, 6.45) is 0. The lowest BCUT2D eigenvalue weighted by Crippen LogP contribution is -2.42. The summed E-state index contributed by atoms with van der Waals surface area (Å²) in [7, 11) is 1.53. The van der Waals surface area contributed by atoms with Crippen LogP contribution in [0.1, 0.15) is 22.8 Å². The van der Waals surface area contributed by atoms with Crippen molar-refractivity contribution in [2.75, 3.05) is 20.3 Å². The number of nitrogens with one attached hydrogen (secondary N) is 2. The number of ether oxygens (including phenoxy) is 1. The molecule has 6 nitrogen and oxygen atoms in total. The third-order valence-electron chi connectivity index (χ3n) is 2.89.